The van der Waals surface area contributed by atoms with Crippen molar-refractivity contribution in [2.24, 2.45) is 5.92 Å². The first kappa shape index (κ1) is 16.1. The lowest BCUT2D eigenvalue weighted by molar-refractivity contribution is -0.117. The summed E-state index contributed by atoms with van der Waals surface area (Å²) in [5, 5.41) is 4.99. The predicted octanol–water partition coefficient (Wildman–Crippen LogP) is 3.05. The summed E-state index contributed by atoms with van der Waals surface area (Å²) in [6, 6.07) is 11.7. The van der Waals surface area contributed by atoms with Crippen molar-refractivity contribution in [2.45, 2.75) is 25.9 Å². The third-order valence-corrected chi connectivity index (χ3v) is 4.85. The van der Waals surface area contributed by atoms with Crippen LogP contribution in [0.2, 0.25) is 0 Å². The van der Waals surface area contributed by atoms with Gasteiger partial charge in [0.1, 0.15) is 0 Å². The number of anilines is 1. The number of ether oxygens (including phenoxy) is 1. The van der Waals surface area contributed by atoms with E-state index >= 15 is 0 Å². The Balaban J connectivity index is 1.71. The fourth-order valence-electron chi connectivity index (χ4n) is 3.27. The van der Waals surface area contributed by atoms with E-state index in [1.165, 1.54) is 0 Å². The van der Waals surface area contributed by atoms with Crippen molar-refractivity contribution >= 4 is 28.3 Å². The first-order valence-corrected chi connectivity index (χ1v) is 8.86. The van der Waals surface area contributed by atoms with E-state index < -0.39 is 0 Å². The van der Waals surface area contributed by atoms with Gasteiger partial charge >= 0.3 is 0 Å². The van der Waals surface area contributed by atoms with E-state index in [0.29, 0.717) is 30.9 Å². The van der Waals surface area contributed by atoms with E-state index in [1.807, 2.05) is 48.2 Å². The number of rotatable bonds is 3. The lowest BCUT2D eigenvalue weighted by Gasteiger charge is -2.31. The Bertz CT molecular complexity index is 829. The molecule has 1 aliphatic heterocycles. The SMILES string of the molecule is C[C@@H]1CN(C(=O)c2cc3ccccc3cc2NC(=O)C2CC2)CCO1. The van der Waals surface area contributed by atoms with Gasteiger partial charge in [-0.05, 0) is 42.7 Å². The highest BCUT2D eigenvalue weighted by Crippen LogP contribution is 2.32. The molecule has 4 rings (SSSR count). The number of morpholine rings is 1. The molecule has 130 valence electrons. The second kappa shape index (κ2) is 6.48. The summed E-state index contributed by atoms with van der Waals surface area (Å²) >= 11 is 0. The number of fused-ring (bicyclic) bond motifs is 1. The number of amides is 2. The number of nitrogens with one attached hydrogen (secondary N) is 1. The Hall–Kier alpha value is -2.40. The van der Waals surface area contributed by atoms with E-state index in [4.69, 9.17) is 4.74 Å². The number of hydrogen-bond acceptors (Lipinski definition) is 3. The van der Waals surface area contributed by atoms with Crippen molar-refractivity contribution in [3.05, 3.63) is 42.0 Å². The normalized spacial score (nSPS) is 20.5. The lowest BCUT2D eigenvalue weighted by Crippen LogP contribution is -2.44. The quantitative estimate of drug-likeness (QED) is 0.936. The van der Waals surface area contributed by atoms with Gasteiger partial charge < -0.3 is 15.0 Å². The Labute approximate surface area is 146 Å². The molecule has 1 aliphatic carbocycles. The van der Waals surface area contributed by atoms with Gasteiger partial charge in [0.2, 0.25) is 5.91 Å². The predicted molar refractivity (Wildman–Crippen MR) is 96.6 cm³/mol. The molecule has 0 radical (unpaired) electrons. The molecule has 2 fully saturated rings. The molecule has 2 amide bonds. The summed E-state index contributed by atoms with van der Waals surface area (Å²) in [4.78, 5) is 27.2. The maximum Gasteiger partial charge on any atom is 0.256 e. The van der Waals surface area contributed by atoms with Crippen molar-refractivity contribution in [3.8, 4) is 0 Å². The number of hydrogen-bond donors (Lipinski definition) is 1. The molecular weight excluding hydrogens is 316 g/mol. The highest BCUT2D eigenvalue weighted by atomic mass is 16.5. The van der Waals surface area contributed by atoms with Gasteiger partial charge in [0.15, 0.2) is 0 Å². The van der Waals surface area contributed by atoms with Crippen molar-refractivity contribution in [1.29, 1.82) is 0 Å². The molecule has 2 aliphatic rings. The standard InChI is InChI=1S/C20H22N2O3/c1-13-12-22(8-9-25-13)20(24)17-10-15-4-2-3-5-16(15)11-18(17)21-19(23)14-6-7-14/h2-5,10-11,13-14H,6-9,12H2,1H3,(H,21,23)/t13-/m1/s1. The Morgan fingerprint density at radius 1 is 1.16 bits per heavy atom. The molecule has 0 aromatic heterocycles. The van der Waals surface area contributed by atoms with Crippen molar-refractivity contribution < 1.29 is 14.3 Å². The molecule has 0 spiro atoms. The van der Waals surface area contributed by atoms with Gasteiger partial charge in [0.25, 0.3) is 5.91 Å². The van der Waals surface area contributed by atoms with Crippen LogP contribution in [0.5, 0.6) is 0 Å². The summed E-state index contributed by atoms with van der Waals surface area (Å²) in [6.07, 6.45) is 1.90. The largest absolute Gasteiger partial charge is 0.375 e. The zero-order valence-electron chi connectivity index (χ0n) is 14.3. The minimum absolute atomic E-state index is 0.0136. The van der Waals surface area contributed by atoms with Crippen molar-refractivity contribution in [2.75, 3.05) is 25.0 Å². The van der Waals surface area contributed by atoms with Gasteiger partial charge in [-0.3, -0.25) is 9.59 Å². The van der Waals surface area contributed by atoms with Crippen LogP contribution in [0.3, 0.4) is 0 Å². The summed E-state index contributed by atoms with van der Waals surface area (Å²) in [6.45, 7) is 3.66. The maximum atomic E-state index is 13.1. The van der Waals surface area contributed by atoms with Crippen LogP contribution in [0.4, 0.5) is 5.69 Å². The zero-order chi connectivity index (χ0) is 17.4. The number of carbonyl (C=O) groups is 2. The van der Waals surface area contributed by atoms with Crippen LogP contribution in [-0.4, -0.2) is 42.5 Å². The van der Waals surface area contributed by atoms with Crippen molar-refractivity contribution in [3.63, 3.8) is 0 Å². The lowest BCUT2D eigenvalue weighted by atomic mass is 10.0. The van der Waals surface area contributed by atoms with Crippen LogP contribution in [0.25, 0.3) is 10.8 Å². The Morgan fingerprint density at radius 3 is 2.56 bits per heavy atom. The monoisotopic (exact) mass is 338 g/mol. The van der Waals surface area contributed by atoms with Crippen molar-refractivity contribution in [1.82, 2.24) is 4.90 Å². The van der Waals surface area contributed by atoms with Crippen LogP contribution < -0.4 is 5.32 Å². The molecule has 5 nitrogen and oxygen atoms in total. The third-order valence-electron chi connectivity index (χ3n) is 4.85. The van der Waals surface area contributed by atoms with Crippen LogP contribution in [-0.2, 0) is 9.53 Å². The van der Waals surface area contributed by atoms with Gasteiger partial charge in [-0.1, -0.05) is 24.3 Å². The number of nitrogens with zero attached hydrogens (tertiary/aromatic N) is 1. The van der Waals surface area contributed by atoms with Gasteiger partial charge in [-0.25, -0.2) is 0 Å². The van der Waals surface area contributed by atoms with Crippen LogP contribution in [0, 0.1) is 5.92 Å². The highest BCUT2D eigenvalue weighted by molar-refractivity contribution is 6.08. The Kier molecular flexibility index (Phi) is 4.17. The molecule has 1 N–H and O–H groups in total. The summed E-state index contributed by atoms with van der Waals surface area (Å²) < 4.78 is 5.54. The molecule has 1 heterocycles. The van der Waals surface area contributed by atoms with Crippen LogP contribution >= 0.6 is 0 Å². The number of benzene rings is 2. The average Bonchev–Trinajstić information content (AvgIpc) is 3.46. The van der Waals surface area contributed by atoms with Gasteiger partial charge in [-0.15, -0.1) is 0 Å². The molecule has 1 atom stereocenters. The second-order valence-electron chi connectivity index (χ2n) is 6.94. The fourth-order valence-corrected chi connectivity index (χ4v) is 3.27. The topological polar surface area (TPSA) is 58.6 Å². The van der Waals surface area contributed by atoms with E-state index in [0.717, 1.165) is 23.6 Å². The van der Waals surface area contributed by atoms with E-state index in [1.54, 1.807) is 0 Å². The van der Waals surface area contributed by atoms with Gasteiger partial charge in [0, 0.05) is 19.0 Å². The molecule has 2 aromatic rings. The van der Waals surface area contributed by atoms with Crippen LogP contribution in [0.15, 0.2) is 36.4 Å². The highest BCUT2D eigenvalue weighted by Gasteiger charge is 2.31. The summed E-state index contributed by atoms with van der Waals surface area (Å²) in [5.41, 5.74) is 1.17. The molecule has 0 unspecified atom stereocenters. The molecule has 0 bridgehead atoms. The third kappa shape index (κ3) is 3.37. The Morgan fingerprint density at radius 2 is 1.88 bits per heavy atom. The van der Waals surface area contributed by atoms with E-state index in [-0.39, 0.29) is 23.8 Å². The summed E-state index contributed by atoms with van der Waals surface area (Å²) in [7, 11) is 0. The summed E-state index contributed by atoms with van der Waals surface area (Å²) in [5.74, 6) is 0.0597. The molecule has 1 saturated heterocycles. The van der Waals surface area contributed by atoms with Gasteiger partial charge in [-0.2, -0.15) is 0 Å². The van der Waals surface area contributed by atoms with E-state index in [9.17, 15) is 9.59 Å². The molecule has 5 heteroatoms. The molecule has 1 saturated carbocycles. The molecule has 25 heavy (non-hydrogen) atoms. The molecular formula is C20H22N2O3. The first-order valence-electron chi connectivity index (χ1n) is 8.86. The maximum absolute atomic E-state index is 13.1. The van der Waals surface area contributed by atoms with Crippen LogP contribution in [0.1, 0.15) is 30.1 Å². The average molecular weight is 338 g/mol. The second-order valence-corrected chi connectivity index (χ2v) is 6.94. The zero-order valence-corrected chi connectivity index (χ0v) is 14.3. The smallest absolute Gasteiger partial charge is 0.256 e. The first-order chi connectivity index (χ1) is 12.1. The minimum Gasteiger partial charge on any atom is -0.375 e. The fraction of sp³-hybridized carbons (Fsp3) is 0.400. The van der Waals surface area contributed by atoms with E-state index in [2.05, 4.69) is 5.32 Å². The minimum atomic E-state index is -0.0491. The number of carbonyl (C=O) groups excluding carboxylic acids is 2. The molecule has 2 aromatic carbocycles. The van der Waals surface area contributed by atoms with Gasteiger partial charge in [0.05, 0.1) is 24.0 Å².